The molecule has 4 heterocycles. The predicted molar refractivity (Wildman–Crippen MR) is 134 cm³/mol. The number of hydrazone groups is 1. The van der Waals surface area contributed by atoms with Crippen molar-refractivity contribution in [2.24, 2.45) is 10.1 Å². The summed E-state index contributed by atoms with van der Waals surface area (Å²) in [6.45, 7) is 0.264. The third kappa shape index (κ3) is 5.05. The van der Waals surface area contributed by atoms with E-state index in [9.17, 15) is 4.79 Å². The van der Waals surface area contributed by atoms with Gasteiger partial charge in [-0.3, -0.25) is 20.5 Å². The van der Waals surface area contributed by atoms with Crippen molar-refractivity contribution in [2.45, 2.75) is 6.61 Å². The second-order valence-electron chi connectivity index (χ2n) is 7.41. The van der Waals surface area contributed by atoms with Crippen LogP contribution in [0.25, 0.3) is 21.7 Å². The average Bonchev–Trinajstić information content (AvgIpc) is 3.68. The number of hydrazine groups is 2. The first-order valence-electron chi connectivity index (χ1n) is 10.6. The third-order valence-corrected chi connectivity index (χ3v) is 6.01. The summed E-state index contributed by atoms with van der Waals surface area (Å²) in [7, 11) is 1.71. The number of amides is 1. The summed E-state index contributed by atoms with van der Waals surface area (Å²) in [5, 5.41) is 8.48. The highest BCUT2D eigenvalue weighted by Gasteiger charge is 2.17. The number of ether oxygens (including phenoxy) is 1. The summed E-state index contributed by atoms with van der Waals surface area (Å²) < 4.78 is 11.5. The minimum absolute atomic E-state index is 0.264. The number of hydrogen-bond acceptors (Lipinski definition) is 10. The zero-order valence-electron chi connectivity index (χ0n) is 18.6. The lowest BCUT2D eigenvalue weighted by atomic mass is 10.0. The highest BCUT2D eigenvalue weighted by Crippen LogP contribution is 2.35. The van der Waals surface area contributed by atoms with E-state index in [0.29, 0.717) is 11.4 Å². The molecule has 0 fully saturated rings. The number of nitrogens with zero attached hydrogens (tertiary/aromatic N) is 3. The molecule has 0 spiro atoms. The molecule has 1 aromatic carbocycles. The van der Waals surface area contributed by atoms with Crippen LogP contribution in [0.15, 0.2) is 80.9 Å². The summed E-state index contributed by atoms with van der Waals surface area (Å²) in [6, 6.07) is 15.0. The Balaban J connectivity index is 1.39. The van der Waals surface area contributed by atoms with Crippen molar-refractivity contribution in [3.63, 3.8) is 0 Å². The average molecular weight is 488 g/mol. The lowest BCUT2D eigenvalue weighted by Crippen LogP contribution is -2.43. The molecule has 10 nitrogen and oxygen atoms in total. The second kappa shape index (κ2) is 10.2. The van der Waals surface area contributed by atoms with E-state index in [4.69, 9.17) is 14.1 Å². The number of furan rings is 1. The van der Waals surface area contributed by atoms with Crippen LogP contribution in [-0.4, -0.2) is 30.1 Å². The van der Waals surface area contributed by atoms with Gasteiger partial charge in [-0.1, -0.05) is 18.2 Å². The topological polar surface area (TPSA) is 125 Å². The van der Waals surface area contributed by atoms with Crippen LogP contribution in [0, 0.1) is 0 Å². The SMILES string of the molecule is CN=Cc1c(-c2ccoc2)cc(-c2cccs2)nc1OCc1ccc(C(=O)NC2=NNNN2)cc1. The largest absolute Gasteiger partial charge is 0.472 e. The van der Waals surface area contributed by atoms with E-state index in [1.54, 1.807) is 49.3 Å². The molecule has 5 rings (SSSR count). The van der Waals surface area contributed by atoms with Crippen LogP contribution in [0.2, 0.25) is 0 Å². The van der Waals surface area contributed by atoms with Gasteiger partial charge in [0.25, 0.3) is 5.91 Å². The van der Waals surface area contributed by atoms with Gasteiger partial charge in [-0.05, 0) is 41.3 Å². The quantitative estimate of drug-likeness (QED) is 0.295. The maximum absolute atomic E-state index is 12.4. The molecule has 0 radical (unpaired) electrons. The molecule has 0 bridgehead atoms. The van der Waals surface area contributed by atoms with Crippen molar-refractivity contribution in [2.75, 3.05) is 7.05 Å². The number of rotatable bonds is 7. The van der Waals surface area contributed by atoms with Crippen LogP contribution in [-0.2, 0) is 6.61 Å². The molecule has 11 heteroatoms. The van der Waals surface area contributed by atoms with Gasteiger partial charge >= 0.3 is 0 Å². The van der Waals surface area contributed by atoms with E-state index in [2.05, 4.69) is 31.9 Å². The molecular weight excluding hydrogens is 466 g/mol. The maximum atomic E-state index is 12.4. The van der Waals surface area contributed by atoms with E-state index >= 15 is 0 Å². The number of carbonyl (C=O) groups excluding carboxylic acids is 1. The van der Waals surface area contributed by atoms with E-state index in [-0.39, 0.29) is 18.5 Å². The molecule has 35 heavy (non-hydrogen) atoms. The number of carbonyl (C=O) groups is 1. The number of aliphatic imine (C=N–C) groups is 1. The Hall–Kier alpha value is -4.48. The molecule has 1 aliphatic rings. The first-order valence-corrected chi connectivity index (χ1v) is 11.5. The van der Waals surface area contributed by atoms with Gasteiger partial charge < -0.3 is 9.15 Å². The molecule has 4 N–H and O–H groups in total. The van der Waals surface area contributed by atoms with Crippen LogP contribution in [0.3, 0.4) is 0 Å². The Morgan fingerprint density at radius 3 is 2.83 bits per heavy atom. The molecule has 0 unspecified atom stereocenters. The number of pyridine rings is 1. The van der Waals surface area contributed by atoms with Crippen molar-refractivity contribution in [1.29, 1.82) is 0 Å². The minimum Gasteiger partial charge on any atom is -0.472 e. The molecule has 1 amide bonds. The van der Waals surface area contributed by atoms with Crippen LogP contribution >= 0.6 is 11.3 Å². The summed E-state index contributed by atoms with van der Waals surface area (Å²) in [4.78, 5) is 22.4. The van der Waals surface area contributed by atoms with Crippen molar-refractivity contribution in [3.8, 4) is 27.6 Å². The van der Waals surface area contributed by atoms with Gasteiger partial charge in [0.2, 0.25) is 11.8 Å². The summed E-state index contributed by atoms with van der Waals surface area (Å²) in [5.74, 6) is 0.466. The molecule has 0 aliphatic carbocycles. The molecule has 4 aromatic rings. The number of benzene rings is 1. The molecule has 0 saturated heterocycles. The number of guanidine groups is 1. The van der Waals surface area contributed by atoms with Gasteiger partial charge in [-0.15, -0.1) is 22.0 Å². The van der Waals surface area contributed by atoms with Gasteiger partial charge in [0, 0.05) is 30.0 Å². The Morgan fingerprint density at radius 2 is 2.14 bits per heavy atom. The van der Waals surface area contributed by atoms with E-state index in [1.165, 1.54) is 0 Å². The second-order valence-corrected chi connectivity index (χ2v) is 8.36. The van der Waals surface area contributed by atoms with Crippen molar-refractivity contribution >= 4 is 29.4 Å². The standard InChI is InChI=1S/C24H21N7O3S/c1-25-12-19-18(17-8-9-33-14-17)11-20(21-3-2-10-35-21)26-23(19)34-13-15-4-6-16(7-5-15)22(32)27-24-28-30-31-29-24/h2-12,14,30-31H,13H2,1H3,(H2,27,28,29,32). The predicted octanol–water partition coefficient (Wildman–Crippen LogP) is 3.31. The van der Waals surface area contributed by atoms with Crippen LogP contribution in [0.5, 0.6) is 5.88 Å². The molecule has 0 saturated carbocycles. The minimum atomic E-state index is -0.286. The molecule has 0 atom stereocenters. The zero-order chi connectivity index (χ0) is 24.0. The fraction of sp³-hybridized carbons (Fsp3) is 0.0833. The number of nitrogens with one attached hydrogen (secondary N) is 4. The van der Waals surface area contributed by atoms with Crippen molar-refractivity contribution in [3.05, 3.63) is 83.1 Å². The zero-order valence-corrected chi connectivity index (χ0v) is 19.4. The van der Waals surface area contributed by atoms with Crippen LogP contribution < -0.4 is 26.5 Å². The first-order chi connectivity index (χ1) is 17.2. The highest BCUT2D eigenvalue weighted by molar-refractivity contribution is 7.13. The van der Waals surface area contributed by atoms with Crippen molar-refractivity contribution in [1.82, 2.24) is 26.8 Å². The summed E-state index contributed by atoms with van der Waals surface area (Å²) >= 11 is 1.61. The normalized spacial score (nSPS) is 12.8. The number of aromatic nitrogens is 1. The first kappa shape index (κ1) is 22.3. The lowest BCUT2D eigenvalue weighted by molar-refractivity contribution is 0.0976. The Bertz CT molecular complexity index is 1370. The smallest absolute Gasteiger partial charge is 0.258 e. The molecule has 3 aromatic heterocycles. The van der Waals surface area contributed by atoms with Gasteiger partial charge in [0.05, 0.1) is 28.7 Å². The summed E-state index contributed by atoms with van der Waals surface area (Å²) in [6.07, 6.45) is 5.06. The maximum Gasteiger partial charge on any atom is 0.258 e. The van der Waals surface area contributed by atoms with Gasteiger partial charge in [0.15, 0.2) is 0 Å². The Kier molecular flexibility index (Phi) is 6.50. The lowest BCUT2D eigenvalue weighted by Gasteiger charge is -2.14. The van der Waals surface area contributed by atoms with Gasteiger partial charge in [-0.25, -0.2) is 10.5 Å². The molecular formula is C24H21N7O3S. The number of hydrogen-bond donors (Lipinski definition) is 4. The Morgan fingerprint density at radius 1 is 1.26 bits per heavy atom. The monoisotopic (exact) mass is 487 g/mol. The fourth-order valence-corrected chi connectivity index (χ4v) is 4.13. The number of thiophene rings is 1. The van der Waals surface area contributed by atoms with E-state index in [1.807, 2.05) is 41.8 Å². The van der Waals surface area contributed by atoms with Gasteiger partial charge in [-0.2, -0.15) is 0 Å². The van der Waals surface area contributed by atoms with E-state index < -0.39 is 0 Å². The van der Waals surface area contributed by atoms with Crippen LogP contribution in [0.1, 0.15) is 21.5 Å². The summed E-state index contributed by atoms with van der Waals surface area (Å²) in [5.41, 5.74) is 12.5. The van der Waals surface area contributed by atoms with Crippen LogP contribution in [0.4, 0.5) is 0 Å². The molecule has 1 aliphatic heterocycles. The Labute approximate surface area is 204 Å². The fourth-order valence-electron chi connectivity index (χ4n) is 3.44. The third-order valence-electron chi connectivity index (χ3n) is 5.12. The molecule has 176 valence electrons. The highest BCUT2D eigenvalue weighted by atomic mass is 32.1. The van der Waals surface area contributed by atoms with E-state index in [0.717, 1.165) is 32.8 Å². The van der Waals surface area contributed by atoms with Gasteiger partial charge in [0.1, 0.15) is 6.61 Å². The van der Waals surface area contributed by atoms with Crippen molar-refractivity contribution < 1.29 is 13.9 Å².